The molecule has 2 heterocycles. The molecule has 23 heavy (non-hydrogen) atoms. The van der Waals surface area contributed by atoms with Crippen molar-refractivity contribution in [3.63, 3.8) is 0 Å². The molecule has 2 aliphatic rings. The highest BCUT2D eigenvalue weighted by Crippen LogP contribution is 2.25. The number of nitrogens with zero attached hydrogens (tertiary/aromatic N) is 3. The third-order valence-electron chi connectivity index (χ3n) is 5.15. The van der Waals surface area contributed by atoms with Gasteiger partial charge in [0.15, 0.2) is 0 Å². The van der Waals surface area contributed by atoms with Crippen molar-refractivity contribution >= 4 is 5.82 Å². The van der Waals surface area contributed by atoms with Gasteiger partial charge in [0, 0.05) is 24.3 Å². The summed E-state index contributed by atoms with van der Waals surface area (Å²) in [5.41, 5.74) is 2.46. The van der Waals surface area contributed by atoms with E-state index in [2.05, 4.69) is 27.1 Å². The number of fused-ring (bicyclic) bond motifs is 1. The van der Waals surface area contributed by atoms with Crippen molar-refractivity contribution < 1.29 is 5.11 Å². The van der Waals surface area contributed by atoms with Crippen molar-refractivity contribution in [1.29, 1.82) is 0 Å². The van der Waals surface area contributed by atoms with Crippen LogP contribution in [-0.2, 0) is 12.8 Å². The Kier molecular flexibility index (Phi) is 5.49. The lowest BCUT2D eigenvalue weighted by Crippen LogP contribution is -2.40. The Balaban J connectivity index is 1.54. The number of anilines is 1. The molecule has 1 fully saturated rings. The van der Waals surface area contributed by atoms with Gasteiger partial charge in [0.05, 0.1) is 6.10 Å². The van der Waals surface area contributed by atoms with Gasteiger partial charge in [0.2, 0.25) is 0 Å². The van der Waals surface area contributed by atoms with Gasteiger partial charge in [-0.15, -0.1) is 0 Å². The number of aliphatic hydroxyl groups is 1. The first kappa shape index (κ1) is 16.7. The summed E-state index contributed by atoms with van der Waals surface area (Å²) in [5.74, 6) is 2.60. The van der Waals surface area contributed by atoms with E-state index >= 15 is 0 Å². The topological polar surface area (TPSA) is 61.3 Å². The van der Waals surface area contributed by atoms with E-state index in [0.717, 1.165) is 50.0 Å². The Morgan fingerprint density at radius 1 is 1.22 bits per heavy atom. The molecular weight excluding hydrogens is 288 g/mol. The van der Waals surface area contributed by atoms with Crippen LogP contribution in [-0.4, -0.2) is 52.3 Å². The molecule has 0 saturated carbocycles. The molecule has 0 spiro atoms. The second kappa shape index (κ2) is 7.58. The second-order valence-corrected chi connectivity index (χ2v) is 7.27. The zero-order chi connectivity index (χ0) is 16.2. The zero-order valence-electron chi connectivity index (χ0n) is 14.5. The maximum atomic E-state index is 10.4. The molecule has 1 aromatic heterocycles. The minimum Gasteiger partial charge on any atom is -0.390 e. The lowest BCUT2D eigenvalue weighted by molar-refractivity contribution is 0.0989. The van der Waals surface area contributed by atoms with Gasteiger partial charge in [-0.1, -0.05) is 6.92 Å². The summed E-state index contributed by atoms with van der Waals surface area (Å²) in [7, 11) is 0. The van der Waals surface area contributed by atoms with E-state index < -0.39 is 0 Å². The van der Waals surface area contributed by atoms with Crippen LogP contribution >= 0.6 is 0 Å². The smallest absolute Gasteiger partial charge is 0.133 e. The first-order chi connectivity index (χ1) is 11.1. The summed E-state index contributed by atoms with van der Waals surface area (Å²) >= 11 is 0. The molecule has 1 aliphatic heterocycles. The molecule has 3 rings (SSSR count). The summed E-state index contributed by atoms with van der Waals surface area (Å²) in [4.78, 5) is 11.5. The summed E-state index contributed by atoms with van der Waals surface area (Å²) in [5, 5.41) is 13.7. The Labute approximate surface area is 139 Å². The second-order valence-electron chi connectivity index (χ2n) is 7.27. The maximum Gasteiger partial charge on any atom is 0.133 e. The standard InChI is InChI=1S/C18H30N4O/c1-13-7-9-22(10-8-13)12-15(23)11-19-18-16-5-3-4-6-17(16)20-14(2)21-18/h13,15,23H,3-12H2,1-2H3,(H,19,20,21). The number of hydrogen-bond acceptors (Lipinski definition) is 5. The van der Waals surface area contributed by atoms with Gasteiger partial charge in [-0.3, -0.25) is 0 Å². The molecule has 5 nitrogen and oxygen atoms in total. The van der Waals surface area contributed by atoms with Crippen LogP contribution in [0, 0.1) is 12.8 Å². The van der Waals surface area contributed by atoms with Crippen LogP contribution in [0.2, 0.25) is 0 Å². The number of β-amino-alcohol motifs (C(OH)–C–C–N with tert-alkyl or cyclic N) is 1. The number of likely N-dealkylation sites (tertiary alicyclic amines) is 1. The van der Waals surface area contributed by atoms with Crippen molar-refractivity contribution in [2.24, 2.45) is 5.92 Å². The molecule has 128 valence electrons. The van der Waals surface area contributed by atoms with E-state index in [1.807, 2.05) is 6.92 Å². The van der Waals surface area contributed by atoms with E-state index in [-0.39, 0.29) is 6.10 Å². The molecule has 1 atom stereocenters. The monoisotopic (exact) mass is 318 g/mol. The first-order valence-corrected chi connectivity index (χ1v) is 9.12. The van der Waals surface area contributed by atoms with Crippen molar-refractivity contribution in [2.75, 3.05) is 31.5 Å². The van der Waals surface area contributed by atoms with E-state index in [9.17, 15) is 5.11 Å². The molecule has 0 radical (unpaired) electrons. The van der Waals surface area contributed by atoms with Gasteiger partial charge < -0.3 is 15.3 Å². The number of aliphatic hydroxyl groups excluding tert-OH is 1. The highest BCUT2D eigenvalue weighted by atomic mass is 16.3. The summed E-state index contributed by atoms with van der Waals surface area (Å²) in [6, 6.07) is 0. The van der Waals surface area contributed by atoms with Gasteiger partial charge in [-0.2, -0.15) is 0 Å². The van der Waals surface area contributed by atoms with Crippen LogP contribution in [0.3, 0.4) is 0 Å². The zero-order valence-corrected chi connectivity index (χ0v) is 14.5. The van der Waals surface area contributed by atoms with Crippen LogP contribution in [0.25, 0.3) is 0 Å². The van der Waals surface area contributed by atoms with E-state index in [1.165, 1.54) is 36.9 Å². The lowest BCUT2D eigenvalue weighted by Gasteiger charge is -2.31. The minimum absolute atomic E-state index is 0.349. The van der Waals surface area contributed by atoms with Gasteiger partial charge in [0.25, 0.3) is 0 Å². The number of rotatable bonds is 5. The molecule has 1 aromatic rings. The Morgan fingerprint density at radius 3 is 2.74 bits per heavy atom. The number of aryl methyl sites for hydroxylation is 2. The summed E-state index contributed by atoms with van der Waals surface area (Å²) in [6.45, 7) is 7.81. The molecule has 0 bridgehead atoms. The van der Waals surface area contributed by atoms with Crippen LogP contribution < -0.4 is 5.32 Å². The van der Waals surface area contributed by atoms with E-state index in [4.69, 9.17) is 0 Å². The Hall–Kier alpha value is -1.20. The summed E-state index contributed by atoms with van der Waals surface area (Å²) in [6.07, 6.45) is 6.69. The quantitative estimate of drug-likeness (QED) is 0.871. The van der Waals surface area contributed by atoms with E-state index in [0.29, 0.717) is 6.54 Å². The van der Waals surface area contributed by atoms with Crippen molar-refractivity contribution in [1.82, 2.24) is 14.9 Å². The molecule has 1 saturated heterocycles. The fourth-order valence-corrected chi connectivity index (χ4v) is 3.69. The number of hydrogen-bond donors (Lipinski definition) is 2. The summed E-state index contributed by atoms with van der Waals surface area (Å²) < 4.78 is 0. The number of aromatic nitrogens is 2. The molecule has 0 aromatic carbocycles. The molecule has 0 amide bonds. The van der Waals surface area contributed by atoms with Gasteiger partial charge in [0.1, 0.15) is 11.6 Å². The third kappa shape index (κ3) is 4.42. The van der Waals surface area contributed by atoms with Crippen molar-refractivity contribution in [3.05, 3.63) is 17.1 Å². The minimum atomic E-state index is -0.349. The third-order valence-corrected chi connectivity index (χ3v) is 5.15. The maximum absolute atomic E-state index is 10.4. The first-order valence-electron chi connectivity index (χ1n) is 9.12. The van der Waals surface area contributed by atoms with Gasteiger partial charge >= 0.3 is 0 Å². The van der Waals surface area contributed by atoms with Crippen LogP contribution in [0.15, 0.2) is 0 Å². The molecule has 1 aliphatic carbocycles. The molecule has 2 N–H and O–H groups in total. The van der Waals surface area contributed by atoms with Crippen molar-refractivity contribution in [2.45, 2.75) is 58.5 Å². The number of nitrogens with one attached hydrogen (secondary N) is 1. The normalized spacial score (nSPS) is 21.0. The van der Waals surface area contributed by atoms with Crippen LogP contribution in [0.5, 0.6) is 0 Å². The van der Waals surface area contributed by atoms with Crippen molar-refractivity contribution in [3.8, 4) is 0 Å². The molecular formula is C18H30N4O. The fourth-order valence-electron chi connectivity index (χ4n) is 3.69. The van der Waals surface area contributed by atoms with Crippen LogP contribution in [0.4, 0.5) is 5.82 Å². The fraction of sp³-hybridized carbons (Fsp3) is 0.778. The highest BCUT2D eigenvalue weighted by Gasteiger charge is 2.20. The molecule has 5 heteroatoms. The predicted molar refractivity (Wildman–Crippen MR) is 92.7 cm³/mol. The van der Waals surface area contributed by atoms with Crippen LogP contribution in [0.1, 0.15) is 49.7 Å². The SMILES string of the molecule is Cc1nc2c(c(NCC(O)CN3CCC(C)CC3)n1)CCCC2. The Bertz CT molecular complexity index is 526. The lowest BCUT2D eigenvalue weighted by atomic mass is 9.96. The predicted octanol–water partition coefficient (Wildman–Crippen LogP) is 2.17. The van der Waals surface area contributed by atoms with Gasteiger partial charge in [-0.25, -0.2) is 9.97 Å². The Morgan fingerprint density at radius 2 is 1.96 bits per heavy atom. The average Bonchev–Trinajstić information content (AvgIpc) is 2.54. The van der Waals surface area contributed by atoms with Gasteiger partial charge in [-0.05, 0) is 64.5 Å². The molecule has 1 unspecified atom stereocenters. The average molecular weight is 318 g/mol. The largest absolute Gasteiger partial charge is 0.390 e. The number of piperidine rings is 1. The van der Waals surface area contributed by atoms with E-state index in [1.54, 1.807) is 0 Å². The highest BCUT2D eigenvalue weighted by molar-refractivity contribution is 5.47.